The van der Waals surface area contributed by atoms with E-state index in [0.29, 0.717) is 11.4 Å². The quantitative estimate of drug-likeness (QED) is 0.543. The Hall–Kier alpha value is -3.65. The Morgan fingerprint density at radius 2 is 1.88 bits per heavy atom. The molecule has 0 unspecified atom stereocenters. The Labute approximate surface area is 197 Å². The van der Waals surface area contributed by atoms with Crippen LogP contribution in [0.5, 0.6) is 17.4 Å². The fourth-order valence-electron chi connectivity index (χ4n) is 2.91. The van der Waals surface area contributed by atoms with Gasteiger partial charge in [0.05, 0.1) is 18.7 Å². The summed E-state index contributed by atoms with van der Waals surface area (Å²) in [4.78, 5) is 27.1. The molecule has 34 heavy (non-hydrogen) atoms. The SMILES string of the molecule is COc1nc(C(C)(C)C)ncc1Cc1nc(C(F)(F)F)c(Oc2cc(Cl)cc(C#N)c2)c(=O)[nH]1. The van der Waals surface area contributed by atoms with Crippen LogP contribution in [0.3, 0.4) is 0 Å². The summed E-state index contributed by atoms with van der Waals surface area (Å²) in [7, 11) is 1.37. The molecule has 0 atom stereocenters. The van der Waals surface area contributed by atoms with Gasteiger partial charge in [-0.15, -0.1) is 0 Å². The first-order chi connectivity index (χ1) is 15.8. The number of nitrogens with zero attached hydrogens (tertiary/aromatic N) is 4. The van der Waals surface area contributed by atoms with E-state index in [-0.39, 0.29) is 39.9 Å². The van der Waals surface area contributed by atoms with Crippen molar-refractivity contribution in [3.63, 3.8) is 0 Å². The molecule has 3 aromatic rings. The number of nitriles is 1. The summed E-state index contributed by atoms with van der Waals surface area (Å²) in [5.74, 6) is -0.956. The van der Waals surface area contributed by atoms with E-state index in [1.807, 2.05) is 20.8 Å². The fraction of sp³-hybridized carbons (Fsp3) is 0.318. The molecule has 12 heteroatoms. The Kier molecular flexibility index (Phi) is 6.84. The average molecular weight is 494 g/mol. The number of methoxy groups -OCH3 is 1. The number of ether oxygens (including phenoxy) is 2. The maximum absolute atomic E-state index is 13.8. The van der Waals surface area contributed by atoms with Gasteiger partial charge in [0.15, 0.2) is 5.69 Å². The highest BCUT2D eigenvalue weighted by Gasteiger charge is 2.39. The van der Waals surface area contributed by atoms with Gasteiger partial charge in [0.2, 0.25) is 11.6 Å². The van der Waals surface area contributed by atoms with Crippen LogP contribution in [0.2, 0.25) is 5.02 Å². The van der Waals surface area contributed by atoms with Gasteiger partial charge < -0.3 is 14.5 Å². The molecule has 0 saturated heterocycles. The van der Waals surface area contributed by atoms with Gasteiger partial charge in [0.25, 0.3) is 5.56 Å². The van der Waals surface area contributed by atoms with Crippen LogP contribution in [-0.2, 0) is 18.0 Å². The molecule has 0 spiro atoms. The summed E-state index contributed by atoms with van der Waals surface area (Å²) in [6, 6.07) is 5.43. The maximum Gasteiger partial charge on any atom is 0.437 e. The van der Waals surface area contributed by atoms with Gasteiger partial charge >= 0.3 is 6.18 Å². The molecule has 0 aliphatic carbocycles. The van der Waals surface area contributed by atoms with E-state index < -0.39 is 23.2 Å². The van der Waals surface area contributed by atoms with Crippen LogP contribution in [0.25, 0.3) is 0 Å². The van der Waals surface area contributed by atoms with Crippen molar-refractivity contribution < 1.29 is 22.6 Å². The number of aromatic amines is 1. The standard InChI is InChI=1S/C22H19ClF3N5O3/c1-21(2,3)20-28-10-12(19(31-20)33-4)7-15-29-17(22(24,25)26)16(18(32)30-15)34-14-6-11(9-27)5-13(23)8-14/h5-6,8,10H,7H2,1-4H3,(H,29,30,32). The molecular formula is C22H19ClF3N5O3. The van der Waals surface area contributed by atoms with Gasteiger partial charge in [-0.05, 0) is 18.2 Å². The third-order valence-electron chi connectivity index (χ3n) is 4.46. The van der Waals surface area contributed by atoms with Crippen LogP contribution in [0.15, 0.2) is 29.2 Å². The minimum Gasteiger partial charge on any atom is -0.481 e. The predicted octanol–water partition coefficient (Wildman–Crippen LogP) is 4.79. The summed E-state index contributed by atoms with van der Waals surface area (Å²) >= 11 is 5.87. The maximum atomic E-state index is 13.8. The molecule has 0 radical (unpaired) electrons. The van der Waals surface area contributed by atoms with Crippen LogP contribution in [0.1, 0.15) is 49.2 Å². The molecule has 0 bridgehead atoms. The molecule has 2 aromatic heterocycles. The number of rotatable bonds is 5. The second-order valence-corrected chi connectivity index (χ2v) is 8.67. The van der Waals surface area contributed by atoms with Crippen LogP contribution < -0.4 is 15.0 Å². The molecular weight excluding hydrogens is 475 g/mol. The Morgan fingerprint density at radius 3 is 2.47 bits per heavy atom. The molecule has 0 fully saturated rings. The second-order valence-electron chi connectivity index (χ2n) is 8.23. The highest BCUT2D eigenvalue weighted by Crippen LogP contribution is 2.35. The van der Waals surface area contributed by atoms with Gasteiger partial charge in [0, 0.05) is 28.6 Å². The largest absolute Gasteiger partial charge is 0.481 e. The highest BCUT2D eigenvalue weighted by molar-refractivity contribution is 6.30. The zero-order valence-corrected chi connectivity index (χ0v) is 19.3. The average Bonchev–Trinajstić information content (AvgIpc) is 2.73. The van der Waals surface area contributed by atoms with Crippen LogP contribution >= 0.6 is 11.6 Å². The number of hydrogen-bond acceptors (Lipinski definition) is 7. The van der Waals surface area contributed by atoms with Crippen molar-refractivity contribution in [3.05, 3.63) is 68.2 Å². The molecule has 2 heterocycles. The molecule has 178 valence electrons. The second kappa shape index (κ2) is 9.30. The van der Waals surface area contributed by atoms with Crippen molar-refractivity contribution in [2.24, 2.45) is 0 Å². The lowest BCUT2D eigenvalue weighted by Gasteiger charge is -2.18. The lowest BCUT2D eigenvalue weighted by molar-refractivity contribution is -0.142. The van der Waals surface area contributed by atoms with Crippen molar-refractivity contribution in [2.75, 3.05) is 7.11 Å². The normalized spacial score (nSPS) is 11.7. The Bertz CT molecular complexity index is 1330. The van der Waals surface area contributed by atoms with Crippen molar-refractivity contribution in [1.29, 1.82) is 5.26 Å². The topological polar surface area (TPSA) is 114 Å². The number of aromatic nitrogens is 4. The van der Waals surface area contributed by atoms with Crippen molar-refractivity contribution in [1.82, 2.24) is 19.9 Å². The van der Waals surface area contributed by atoms with Crippen molar-refractivity contribution in [3.8, 4) is 23.4 Å². The van der Waals surface area contributed by atoms with E-state index in [9.17, 15) is 18.0 Å². The minimum atomic E-state index is -5.01. The third kappa shape index (κ3) is 5.63. The molecule has 1 aromatic carbocycles. The smallest absolute Gasteiger partial charge is 0.437 e. The van der Waals surface area contributed by atoms with Crippen LogP contribution in [0.4, 0.5) is 13.2 Å². The minimum absolute atomic E-state index is 0.0443. The van der Waals surface area contributed by atoms with Crippen molar-refractivity contribution >= 4 is 11.6 Å². The fourth-order valence-corrected chi connectivity index (χ4v) is 3.14. The van der Waals surface area contributed by atoms with E-state index in [1.54, 1.807) is 6.07 Å². The van der Waals surface area contributed by atoms with Gasteiger partial charge in [-0.3, -0.25) is 4.79 Å². The number of benzene rings is 1. The van der Waals surface area contributed by atoms with Gasteiger partial charge in [-0.1, -0.05) is 32.4 Å². The number of nitrogens with one attached hydrogen (secondary N) is 1. The summed E-state index contributed by atoms with van der Waals surface area (Å²) in [6.45, 7) is 5.69. The molecule has 8 nitrogen and oxygen atoms in total. The van der Waals surface area contributed by atoms with E-state index in [2.05, 4.69) is 19.9 Å². The van der Waals surface area contributed by atoms with Crippen LogP contribution in [0, 0.1) is 11.3 Å². The molecule has 0 aliphatic heterocycles. The third-order valence-corrected chi connectivity index (χ3v) is 4.68. The molecule has 1 N–H and O–H groups in total. The van der Waals surface area contributed by atoms with Gasteiger partial charge in [-0.2, -0.15) is 23.4 Å². The number of halogens is 4. The van der Waals surface area contributed by atoms with Crippen molar-refractivity contribution in [2.45, 2.75) is 38.8 Å². The van der Waals surface area contributed by atoms with E-state index >= 15 is 0 Å². The summed E-state index contributed by atoms with van der Waals surface area (Å²) in [5, 5.41) is 9.08. The zero-order valence-electron chi connectivity index (χ0n) is 18.5. The molecule has 0 aliphatic rings. The molecule has 0 amide bonds. The first kappa shape index (κ1) is 25.0. The zero-order chi connectivity index (χ0) is 25.3. The first-order valence-electron chi connectivity index (χ1n) is 9.81. The Morgan fingerprint density at radius 1 is 1.18 bits per heavy atom. The lowest BCUT2D eigenvalue weighted by Crippen LogP contribution is -2.22. The van der Waals surface area contributed by atoms with E-state index in [1.165, 1.54) is 25.4 Å². The predicted molar refractivity (Wildman–Crippen MR) is 116 cm³/mol. The lowest BCUT2D eigenvalue weighted by atomic mass is 9.95. The van der Waals surface area contributed by atoms with Crippen LogP contribution in [-0.4, -0.2) is 27.0 Å². The number of H-pyrrole nitrogens is 1. The Balaban J connectivity index is 2.05. The van der Waals surface area contributed by atoms with Gasteiger partial charge in [-0.25, -0.2) is 9.97 Å². The summed E-state index contributed by atoms with van der Waals surface area (Å²) in [5.41, 5.74) is -2.71. The molecule has 0 saturated carbocycles. The highest BCUT2D eigenvalue weighted by atomic mass is 35.5. The number of hydrogen-bond donors (Lipinski definition) is 1. The van der Waals surface area contributed by atoms with E-state index in [0.717, 1.165) is 6.07 Å². The summed E-state index contributed by atoms with van der Waals surface area (Å²) in [6.07, 6.45) is -3.83. The molecule has 3 rings (SSSR count). The summed E-state index contributed by atoms with van der Waals surface area (Å²) < 4.78 is 51.8. The van der Waals surface area contributed by atoms with E-state index in [4.69, 9.17) is 26.3 Å². The first-order valence-corrected chi connectivity index (χ1v) is 10.2. The van der Waals surface area contributed by atoms with Gasteiger partial charge in [0.1, 0.15) is 17.4 Å². The monoisotopic (exact) mass is 493 g/mol. The number of alkyl halides is 3.